The van der Waals surface area contributed by atoms with Gasteiger partial charge in [-0.3, -0.25) is 4.79 Å². The third-order valence-corrected chi connectivity index (χ3v) is 2.57. The van der Waals surface area contributed by atoms with Crippen molar-refractivity contribution in [2.45, 2.75) is 25.7 Å². The van der Waals surface area contributed by atoms with Crippen molar-refractivity contribution in [3.63, 3.8) is 0 Å². The lowest BCUT2D eigenvalue weighted by Gasteiger charge is -2.20. The number of rotatable bonds is 2. The number of amides is 1. The molecule has 4 heteroatoms. The van der Waals surface area contributed by atoms with E-state index in [1.165, 1.54) is 7.11 Å². The van der Waals surface area contributed by atoms with Crippen LogP contribution in [0.4, 0.5) is 0 Å². The van der Waals surface area contributed by atoms with Crippen LogP contribution in [0.1, 0.15) is 25.7 Å². The highest BCUT2D eigenvalue weighted by molar-refractivity contribution is 7.80. The topological polar surface area (TPSA) is 29.5 Å². The number of carbonyl (C=O) groups is 1. The van der Waals surface area contributed by atoms with Crippen LogP contribution in [0.25, 0.3) is 0 Å². The molecule has 1 aliphatic heterocycles. The van der Waals surface area contributed by atoms with Gasteiger partial charge >= 0.3 is 0 Å². The van der Waals surface area contributed by atoms with E-state index < -0.39 is 0 Å². The molecule has 1 rings (SSSR count). The molecule has 0 aliphatic carbocycles. The van der Waals surface area contributed by atoms with Gasteiger partial charge in [-0.05, 0) is 19.3 Å². The Morgan fingerprint density at radius 2 is 2.31 bits per heavy atom. The molecule has 1 heterocycles. The molecule has 0 aromatic carbocycles. The minimum Gasteiger partial charge on any atom is -0.375 e. The summed E-state index contributed by atoms with van der Waals surface area (Å²) in [6.07, 6.45) is 4.19. The van der Waals surface area contributed by atoms with Crippen LogP contribution in [0.15, 0.2) is 0 Å². The Kier molecular flexibility index (Phi) is 4.32. The summed E-state index contributed by atoms with van der Waals surface area (Å²) >= 11 is 5.15. The average Bonchev–Trinajstić information content (AvgIpc) is 2.30. The van der Waals surface area contributed by atoms with Crippen molar-refractivity contribution in [2.75, 3.05) is 20.3 Å². The number of nitrogens with zero attached hydrogens (tertiary/aromatic N) is 1. The number of hydrogen-bond acceptors (Lipinski definition) is 3. The maximum absolute atomic E-state index is 11.5. The van der Waals surface area contributed by atoms with E-state index in [0.717, 1.165) is 37.2 Å². The molecule has 74 valence electrons. The molecule has 0 saturated carbocycles. The summed E-state index contributed by atoms with van der Waals surface area (Å²) in [5.74, 6) is -0.00519. The predicted molar refractivity (Wildman–Crippen MR) is 54.7 cm³/mol. The van der Waals surface area contributed by atoms with Crippen molar-refractivity contribution in [2.24, 2.45) is 0 Å². The Morgan fingerprint density at radius 1 is 1.54 bits per heavy atom. The zero-order chi connectivity index (χ0) is 9.68. The molecule has 0 radical (unpaired) electrons. The summed E-state index contributed by atoms with van der Waals surface area (Å²) in [7, 11) is 1.53. The van der Waals surface area contributed by atoms with E-state index in [4.69, 9.17) is 17.0 Å². The van der Waals surface area contributed by atoms with Gasteiger partial charge in [-0.2, -0.15) is 0 Å². The average molecular weight is 201 g/mol. The summed E-state index contributed by atoms with van der Waals surface area (Å²) in [5, 5.41) is 0. The Labute approximate surface area is 84.0 Å². The van der Waals surface area contributed by atoms with Gasteiger partial charge in [0.25, 0.3) is 5.91 Å². The SMILES string of the molecule is COCC(=O)N1CCCCCC1=S. The summed E-state index contributed by atoms with van der Waals surface area (Å²) in [6.45, 7) is 0.904. The van der Waals surface area contributed by atoms with Crippen LogP contribution in [0.3, 0.4) is 0 Å². The van der Waals surface area contributed by atoms with Gasteiger partial charge in [0.05, 0.1) is 4.99 Å². The number of hydrogen-bond donors (Lipinski definition) is 0. The summed E-state index contributed by atoms with van der Waals surface area (Å²) in [4.78, 5) is 13.9. The Bertz CT molecular complexity index is 206. The quantitative estimate of drug-likeness (QED) is 0.632. The van der Waals surface area contributed by atoms with Gasteiger partial charge in [-0.25, -0.2) is 0 Å². The highest BCUT2D eigenvalue weighted by Gasteiger charge is 2.19. The number of thiocarbonyl (C=S) groups is 1. The lowest BCUT2D eigenvalue weighted by Crippen LogP contribution is -2.37. The zero-order valence-corrected chi connectivity index (χ0v) is 8.73. The van der Waals surface area contributed by atoms with Crippen LogP contribution in [-0.4, -0.2) is 36.1 Å². The first-order valence-electron chi connectivity index (χ1n) is 4.58. The van der Waals surface area contributed by atoms with E-state index in [1.54, 1.807) is 4.90 Å². The molecule has 0 unspecified atom stereocenters. The van der Waals surface area contributed by atoms with Gasteiger partial charge < -0.3 is 9.64 Å². The molecule has 0 spiro atoms. The van der Waals surface area contributed by atoms with Crippen molar-refractivity contribution in [3.05, 3.63) is 0 Å². The molecule has 0 aromatic rings. The fourth-order valence-corrected chi connectivity index (χ4v) is 1.79. The minimum absolute atomic E-state index is 0.00519. The fourth-order valence-electron chi connectivity index (χ4n) is 1.45. The van der Waals surface area contributed by atoms with Crippen molar-refractivity contribution in [3.8, 4) is 0 Å². The molecule has 0 N–H and O–H groups in total. The van der Waals surface area contributed by atoms with E-state index >= 15 is 0 Å². The lowest BCUT2D eigenvalue weighted by atomic mass is 10.2. The Hall–Kier alpha value is -0.480. The van der Waals surface area contributed by atoms with Gasteiger partial charge in [-0.15, -0.1) is 0 Å². The van der Waals surface area contributed by atoms with Crippen LogP contribution in [0, 0.1) is 0 Å². The molecule has 1 aliphatic rings. The number of ether oxygens (including phenoxy) is 1. The highest BCUT2D eigenvalue weighted by Crippen LogP contribution is 2.12. The normalized spacial score (nSPS) is 18.5. The van der Waals surface area contributed by atoms with Crippen LogP contribution in [-0.2, 0) is 9.53 Å². The van der Waals surface area contributed by atoms with Crippen LogP contribution >= 0.6 is 12.2 Å². The van der Waals surface area contributed by atoms with Crippen molar-refractivity contribution < 1.29 is 9.53 Å². The van der Waals surface area contributed by atoms with E-state index in [0.29, 0.717) is 0 Å². The third-order valence-electron chi connectivity index (χ3n) is 2.14. The molecule has 1 fully saturated rings. The Morgan fingerprint density at radius 3 is 3.00 bits per heavy atom. The standard InChI is InChI=1S/C9H15NO2S/c1-12-7-8(11)10-6-4-2-3-5-9(10)13/h2-7H2,1H3. The first-order chi connectivity index (χ1) is 6.25. The van der Waals surface area contributed by atoms with Gasteiger partial charge in [-0.1, -0.05) is 18.6 Å². The highest BCUT2D eigenvalue weighted by atomic mass is 32.1. The zero-order valence-electron chi connectivity index (χ0n) is 7.91. The lowest BCUT2D eigenvalue weighted by molar-refractivity contribution is -0.131. The van der Waals surface area contributed by atoms with Crippen molar-refractivity contribution >= 4 is 23.1 Å². The van der Waals surface area contributed by atoms with Gasteiger partial charge in [0, 0.05) is 13.7 Å². The molecule has 3 nitrogen and oxygen atoms in total. The molecule has 0 bridgehead atoms. The second-order valence-electron chi connectivity index (χ2n) is 3.18. The number of likely N-dealkylation sites (tertiary alicyclic amines) is 1. The second kappa shape index (κ2) is 5.29. The fraction of sp³-hybridized carbons (Fsp3) is 0.778. The van der Waals surface area contributed by atoms with Crippen LogP contribution in [0.5, 0.6) is 0 Å². The molecule has 1 amide bonds. The Balaban J connectivity index is 2.53. The summed E-state index contributed by atoms with van der Waals surface area (Å²) in [5.41, 5.74) is 0. The molecule has 0 atom stereocenters. The third kappa shape index (κ3) is 3.04. The largest absolute Gasteiger partial charge is 0.375 e. The predicted octanol–water partition coefficient (Wildman–Crippen LogP) is 1.36. The molecular weight excluding hydrogens is 186 g/mol. The summed E-state index contributed by atoms with van der Waals surface area (Å²) in [6, 6.07) is 0. The monoisotopic (exact) mass is 201 g/mol. The van der Waals surface area contributed by atoms with Crippen LogP contribution in [0.2, 0.25) is 0 Å². The van der Waals surface area contributed by atoms with Crippen LogP contribution < -0.4 is 0 Å². The maximum Gasteiger partial charge on any atom is 0.253 e. The number of methoxy groups -OCH3 is 1. The van der Waals surface area contributed by atoms with Gasteiger partial charge in [0.15, 0.2) is 0 Å². The second-order valence-corrected chi connectivity index (χ2v) is 3.65. The van der Waals surface area contributed by atoms with Crippen molar-refractivity contribution in [1.82, 2.24) is 4.90 Å². The van der Waals surface area contributed by atoms with Gasteiger partial charge in [0.2, 0.25) is 0 Å². The van der Waals surface area contributed by atoms with E-state index in [1.807, 2.05) is 0 Å². The van der Waals surface area contributed by atoms with E-state index in [9.17, 15) is 4.79 Å². The minimum atomic E-state index is -0.00519. The van der Waals surface area contributed by atoms with Crippen molar-refractivity contribution in [1.29, 1.82) is 0 Å². The van der Waals surface area contributed by atoms with Gasteiger partial charge in [0.1, 0.15) is 6.61 Å². The molecule has 13 heavy (non-hydrogen) atoms. The first-order valence-corrected chi connectivity index (χ1v) is 4.98. The molecule has 0 aromatic heterocycles. The maximum atomic E-state index is 11.5. The molecule has 1 saturated heterocycles. The molecular formula is C9H15NO2S. The summed E-state index contributed by atoms with van der Waals surface area (Å²) < 4.78 is 4.80. The van der Waals surface area contributed by atoms with E-state index in [2.05, 4.69) is 0 Å². The first kappa shape index (κ1) is 10.6. The smallest absolute Gasteiger partial charge is 0.253 e. The number of carbonyl (C=O) groups excluding carboxylic acids is 1. The van der Waals surface area contributed by atoms with E-state index in [-0.39, 0.29) is 12.5 Å².